The molecule has 0 aliphatic carbocycles. The second-order valence-corrected chi connectivity index (χ2v) is 11.7. The lowest BCUT2D eigenvalue weighted by Gasteiger charge is -2.31. The Morgan fingerprint density at radius 3 is 1.76 bits per heavy atom. The standard InChI is InChI=1S/C21H40N4O3S/c1-20(2,3)14-9-13(10-15(19(14)27)21(4,5)6)7-8-18(26)28-29(16(24)11-22)17(25)12-23/h9-10,16-17,27,29H,7-8,11-12,22-25H2,1-6H3. The number of nitrogens with two attached hydrogens (primary N) is 4. The Morgan fingerprint density at radius 1 is 1.00 bits per heavy atom. The third-order valence-electron chi connectivity index (χ3n) is 4.75. The summed E-state index contributed by atoms with van der Waals surface area (Å²) in [4.78, 5) is 12.4. The lowest BCUT2D eigenvalue weighted by atomic mass is 9.78. The first kappa shape index (κ1) is 25.7. The number of benzene rings is 1. The molecule has 0 saturated heterocycles. The third kappa shape index (κ3) is 7.15. The third-order valence-corrected chi connectivity index (χ3v) is 6.89. The number of rotatable bonds is 8. The van der Waals surface area contributed by atoms with Gasteiger partial charge in [0.2, 0.25) is 0 Å². The van der Waals surface area contributed by atoms with E-state index in [9.17, 15) is 9.90 Å². The normalized spacial score (nSPS) is 16.3. The van der Waals surface area contributed by atoms with Crippen LogP contribution in [-0.2, 0) is 26.2 Å². The molecule has 1 rings (SSSR count). The molecule has 2 atom stereocenters. The molecule has 0 fully saturated rings. The van der Waals surface area contributed by atoms with Crippen LogP contribution in [-0.4, -0.2) is 34.9 Å². The quantitative estimate of drug-likeness (QED) is 0.346. The van der Waals surface area contributed by atoms with E-state index in [1.54, 1.807) is 0 Å². The number of hydrogen-bond acceptors (Lipinski definition) is 7. The van der Waals surface area contributed by atoms with E-state index in [-0.39, 0.29) is 36.3 Å². The van der Waals surface area contributed by atoms with Gasteiger partial charge in [-0.15, -0.1) is 0 Å². The Hall–Kier alpha value is -1.32. The van der Waals surface area contributed by atoms with Crippen molar-refractivity contribution < 1.29 is 14.1 Å². The maximum Gasteiger partial charge on any atom is 0.316 e. The summed E-state index contributed by atoms with van der Waals surface area (Å²) in [5.41, 5.74) is 25.4. The van der Waals surface area contributed by atoms with E-state index < -0.39 is 21.9 Å². The van der Waals surface area contributed by atoms with Gasteiger partial charge in [-0.1, -0.05) is 64.9 Å². The van der Waals surface area contributed by atoms with Crippen LogP contribution in [0.1, 0.15) is 64.7 Å². The fraction of sp³-hybridized carbons (Fsp3) is 0.667. The molecule has 8 heteroatoms. The first-order chi connectivity index (χ1) is 13.2. The van der Waals surface area contributed by atoms with Crippen LogP contribution in [0.4, 0.5) is 0 Å². The lowest BCUT2D eigenvalue weighted by Crippen LogP contribution is -2.41. The summed E-state index contributed by atoms with van der Waals surface area (Å²) in [7, 11) is 0. The van der Waals surface area contributed by atoms with Gasteiger partial charge in [0.25, 0.3) is 0 Å². The van der Waals surface area contributed by atoms with Gasteiger partial charge in [0.05, 0.1) is 17.2 Å². The Bertz CT molecular complexity index is 653. The number of phenolic OH excluding ortho intramolecular Hbond substituents is 1. The summed E-state index contributed by atoms with van der Waals surface area (Å²) in [5, 5.41) is 9.82. The molecule has 168 valence electrons. The van der Waals surface area contributed by atoms with Crippen molar-refractivity contribution in [2.24, 2.45) is 22.9 Å². The number of thiol groups is 1. The highest BCUT2D eigenvalue weighted by atomic mass is 32.2. The van der Waals surface area contributed by atoms with E-state index in [0.29, 0.717) is 12.2 Å². The van der Waals surface area contributed by atoms with Crippen molar-refractivity contribution in [2.45, 2.75) is 76.0 Å². The molecule has 29 heavy (non-hydrogen) atoms. The van der Waals surface area contributed by atoms with Crippen LogP contribution in [0.3, 0.4) is 0 Å². The molecule has 0 amide bonds. The number of carbonyl (C=O) groups is 1. The molecule has 1 aromatic carbocycles. The van der Waals surface area contributed by atoms with Crippen LogP contribution in [0.5, 0.6) is 5.75 Å². The summed E-state index contributed by atoms with van der Waals surface area (Å²) >= 11 is -1.44. The maximum atomic E-state index is 12.4. The van der Waals surface area contributed by atoms with Crippen LogP contribution in [0.15, 0.2) is 12.1 Å². The molecule has 0 spiro atoms. The van der Waals surface area contributed by atoms with Gasteiger partial charge in [0.1, 0.15) is 5.75 Å². The minimum atomic E-state index is -1.44. The SMILES string of the molecule is CC(C)(C)c1cc(CCC(=O)O[SH](C(N)CN)C(N)CN)cc(C(C)(C)C)c1O. The van der Waals surface area contributed by atoms with Crippen LogP contribution in [0.2, 0.25) is 0 Å². The number of hydrogen-bond donors (Lipinski definition) is 6. The highest BCUT2D eigenvalue weighted by Crippen LogP contribution is 2.40. The summed E-state index contributed by atoms with van der Waals surface area (Å²) in [6.07, 6.45) is 0.676. The average Bonchev–Trinajstić information content (AvgIpc) is 2.61. The Kier molecular flexibility index (Phi) is 8.98. The number of phenols is 1. The van der Waals surface area contributed by atoms with Gasteiger partial charge >= 0.3 is 5.97 Å². The summed E-state index contributed by atoms with van der Waals surface area (Å²) in [5.74, 6) is -0.0470. The van der Waals surface area contributed by atoms with Gasteiger partial charge < -0.3 is 32.2 Å². The van der Waals surface area contributed by atoms with E-state index >= 15 is 0 Å². The first-order valence-corrected chi connectivity index (χ1v) is 11.4. The van der Waals surface area contributed by atoms with Crippen LogP contribution < -0.4 is 22.9 Å². The Balaban J connectivity index is 3.05. The highest BCUT2D eigenvalue weighted by molar-refractivity contribution is 8.14. The fourth-order valence-corrected chi connectivity index (χ4v) is 4.49. The molecule has 0 aliphatic heterocycles. The van der Waals surface area contributed by atoms with Crippen LogP contribution in [0.25, 0.3) is 0 Å². The van der Waals surface area contributed by atoms with Crippen molar-refractivity contribution in [3.8, 4) is 5.75 Å². The van der Waals surface area contributed by atoms with Crippen molar-refractivity contribution in [1.29, 1.82) is 0 Å². The largest absolute Gasteiger partial charge is 0.507 e. The molecule has 9 N–H and O–H groups in total. The maximum absolute atomic E-state index is 12.4. The number of aromatic hydroxyl groups is 1. The van der Waals surface area contributed by atoms with Crippen LogP contribution in [0, 0.1) is 0 Å². The number of carbonyl (C=O) groups excluding carboxylic acids is 1. The number of aryl methyl sites for hydroxylation is 1. The Labute approximate surface area is 178 Å². The minimum Gasteiger partial charge on any atom is -0.507 e. The summed E-state index contributed by atoms with van der Waals surface area (Å²) in [6.45, 7) is 12.7. The van der Waals surface area contributed by atoms with Gasteiger partial charge in [0, 0.05) is 13.1 Å². The minimum absolute atomic E-state index is 0.175. The smallest absolute Gasteiger partial charge is 0.316 e. The van der Waals surface area contributed by atoms with Crippen molar-refractivity contribution >= 4 is 17.1 Å². The second kappa shape index (κ2) is 10.1. The summed E-state index contributed by atoms with van der Waals surface area (Å²) < 4.78 is 5.56. The Morgan fingerprint density at radius 2 is 1.41 bits per heavy atom. The zero-order chi connectivity index (χ0) is 22.6. The van der Waals surface area contributed by atoms with Crippen molar-refractivity contribution in [3.05, 3.63) is 28.8 Å². The molecule has 2 unspecified atom stereocenters. The van der Waals surface area contributed by atoms with Gasteiger partial charge in [-0.25, -0.2) is 0 Å². The molecule has 7 nitrogen and oxygen atoms in total. The van der Waals surface area contributed by atoms with Crippen molar-refractivity contribution in [1.82, 2.24) is 0 Å². The van der Waals surface area contributed by atoms with Crippen molar-refractivity contribution in [2.75, 3.05) is 13.1 Å². The monoisotopic (exact) mass is 428 g/mol. The van der Waals surface area contributed by atoms with E-state index in [4.69, 9.17) is 27.1 Å². The molecule has 0 radical (unpaired) electrons. The molecule has 0 aromatic heterocycles. The average molecular weight is 429 g/mol. The van der Waals surface area contributed by atoms with Gasteiger partial charge in [-0.2, -0.15) is 0 Å². The molecule has 1 aromatic rings. The van der Waals surface area contributed by atoms with E-state index in [0.717, 1.165) is 16.7 Å². The van der Waals surface area contributed by atoms with E-state index in [2.05, 4.69) is 41.5 Å². The van der Waals surface area contributed by atoms with Crippen molar-refractivity contribution in [3.63, 3.8) is 0 Å². The van der Waals surface area contributed by atoms with E-state index in [1.807, 2.05) is 12.1 Å². The highest BCUT2D eigenvalue weighted by Gasteiger charge is 2.27. The topological polar surface area (TPSA) is 151 Å². The van der Waals surface area contributed by atoms with Gasteiger partial charge in [0.15, 0.2) is 0 Å². The van der Waals surface area contributed by atoms with Crippen LogP contribution >= 0.6 is 11.2 Å². The molecular weight excluding hydrogens is 388 g/mol. The zero-order valence-corrected chi connectivity index (χ0v) is 19.6. The molecule has 0 heterocycles. The second-order valence-electron chi connectivity index (χ2n) is 9.47. The van der Waals surface area contributed by atoms with Gasteiger partial charge in [-0.05, 0) is 33.9 Å². The summed E-state index contributed by atoms with van der Waals surface area (Å²) in [6, 6.07) is 3.94. The zero-order valence-electron chi connectivity index (χ0n) is 18.7. The predicted octanol–water partition coefficient (Wildman–Crippen LogP) is 1.87. The first-order valence-electron chi connectivity index (χ1n) is 9.99. The molecular formula is C21H40N4O3S. The van der Waals surface area contributed by atoms with E-state index in [1.165, 1.54) is 0 Å². The fourth-order valence-electron chi connectivity index (χ4n) is 2.98. The van der Waals surface area contributed by atoms with Gasteiger partial charge in [-0.3, -0.25) is 4.79 Å². The molecule has 0 bridgehead atoms. The molecule has 0 saturated carbocycles. The molecule has 0 aliphatic rings. The predicted molar refractivity (Wildman–Crippen MR) is 123 cm³/mol. The lowest BCUT2D eigenvalue weighted by molar-refractivity contribution is -0.133.